The third-order valence-electron chi connectivity index (χ3n) is 3.65. The van der Waals surface area contributed by atoms with Gasteiger partial charge >= 0.3 is 0 Å². The van der Waals surface area contributed by atoms with Crippen LogP contribution in [0.4, 0.5) is 0 Å². The first kappa shape index (κ1) is 14.2. The van der Waals surface area contributed by atoms with E-state index in [1.807, 2.05) is 29.1 Å². The predicted octanol–water partition coefficient (Wildman–Crippen LogP) is 4.04. The standard InChI is InChI=1S/C16H14BrN3S/c1-9-5-13-15(6-10(9)2)20(8-19-13)14-7-11(17)3-4-12(14)16(18)21/h3-8H,1-2H3,(H2,18,21). The number of hydrogen-bond donors (Lipinski definition) is 1. The number of aromatic nitrogens is 2. The number of hydrogen-bond acceptors (Lipinski definition) is 2. The third kappa shape index (κ3) is 2.47. The molecule has 1 aromatic heterocycles. The number of rotatable bonds is 2. The first-order valence-corrected chi connectivity index (χ1v) is 7.71. The van der Waals surface area contributed by atoms with E-state index in [1.54, 1.807) is 0 Å². The fourth-order valence-electron chi connectivity index (χ4n) is 2.37. The maximum Gasteiger partial charge on any atom is 0.106 e. The second-order valence-electron chi connectivity index (χ2n) is 5.07. The molecule has 0 saturated carbocycles. The van der Waals surface area contributed by atoms with Gasteiger partial charge < -0.3 is 5.73 Å². The molecular formula is C16H14BrN3S. The van der Waals surface area contributed by atoms with Gasteiger partial charge in [-0.05, 0) is 55.3 Å². The summed E-state index contributed by atoms with van der Waals surface area (Å²) in [7, 11) is 0. The normalized spacial score (nSPS) is 11.0. The molecule has 0 fully saturated rings. The van der Waals surface area contributed by atoms with Crippen LogP contribution in [0.1, 0.15) is 16.7 Å². The van der Waals surface area contributed by atoms with Gasteiger partial charge in [0.15, 0.2) is 0 Å². The van der Waals surface area contributed by atoms with Crippen molar-refractivity contribution in [3.8, 4) is 5.69 Å². The number of nitrogens with zero attached hydrogens (tertiary/aromatic N) is 2. The first-order valence-electron chi connectivity index (χ1n) is 6.51. The van der Waals surface area contributed by atoms with E-state index in [-0.39, 0.29) is 0 Å². The van der Waals surface area contributed by atoms with Crippen LogP contribution in [0.3, 0.4) is 0 Å². The molecule has 106 valence electrons. The van der Waals surface area contributed by atoms with E-state index >= 15 is 0 Å². The molecule has 0 aliphatic carbocycles. The molecule has 3 aromatic rings. The molecule has 0 unspecified atom stereocenters. The highest BCUT2D eigenvalue weighted by Gasteiger charge is 2.12. The highest BCUT2D eigenvalue weighted by molar-refractivity contribution is 9.10. The Bertz CT molecular complexity index is 867. The lowest BCUT2D eigenvalue weighted by Gasteiger charge is -2.11. The SMILES string of the molecule is Cc1cc2ncn(-c3cc(Br)ccc3C(N)=S)c2cc1C. The van der Waals surface area contributed by atoms with Gasteiger partial charge in [-0.25, -0.2) is 4.98 Å². The number of benzene rings is 2. The molecule has 0 aliphatic heterocycles. The summed E-state index contributed by atoms with van der Waals surface area (Å²) >= 11 is 8.67. The van der Waals surface area contributed by atoms with Crippen LogP contribution in [0.5, 0.6) is 0 Å². The zero-order valence-electron chi connectivity index (χ0n) is 11.7. The van der Waals surface area contributed by atoms with E-state index < -0.39 is 0 Å². The Balaban J connectivity index is 2.33. The smallest absolute Gasteiger partial charge is 0.106 e. The number of imidazole rings is 1. The lowest BCUT2D eigenvalue weighted by atomic mass is 10.1. The number of halogens is 1. The van der Waals surface area contributed by atoms with Crippen molar-refractivity contribution >= 4 is 44.2 Å². The lowest BCUT2D eigenvalue weighted by Crippen LogP contribution is -2.13. The van der Waals surface area contributed by atoms with E-state index in [9.17, 15) is 0 Å². The molecular weight excluding hydrogens is 346 g/mol. The van der Waals surface area contributed by atoms with Crippen LogP contribution in [-0.2, 0) is 0 Å². The summed E-state index contributed by atoms with van der Waals surface area (Å²) in [4.78, 5) is 4.87. The van der Waals surface area contributed by atoms with Crippen molar-refractivity contribution in [2.45, 2.75) is 13.8 Å². The molecule has 0 amide bonds. The Labute approximate surface area is 136 Å². The van der Waals surface area contributed by atoms with E-state index in [2.05, 4.69) is 46.9 Å². The van der Waals surface area contributed by atoms with Crippen molar-refractivity contribution in [2.24, 2.45) is 5.73 Å². The van der Waals surface area contributed by atoms with Crippen LogP contribution >= 0.6 is 28.1 Å². The van der Waals surface area contributed by atoms with Gasteiger partial charge in [0.1, 0.15) is 11.3 Å². The van der Waals surface area contributed by atoms with Crippen molar-refractivity contribution < 1.29 is 0 Å². The Morgan fingerprint density at radius 1 is 1.19 bits per heavy atom. The third-order valence-corrected chi connectivity index (χ3v) is 4.36. The minimum Gasteiger partial charge on any atom is -0.389 e. The molecule has 0 radical (unpaired) electrons. The Morgan fingerprint density at radius 3 is 2.62 bits per heavy atom. The van der Waals surface area contributed by atoms with E-state index in [0.717, 1.165) is 26.8 Å². The van der Waals surface area contributed by atoms with Crippen LogP contribution in [-0.4, -0.2) is 14.5 Å². The highest BCUT2D eigenvalue weighted by Crippen LogP contribution is 2.26. The van der Waals surface area contributed by atoms with Crippen molar-refractivity contribution in [3.63, 3.8) is 0 Å². The van der Waals surface area contributed by atoms with Crippen LogP contribution in [0.25, 0.3) is 16.7 Å². The number of thiocarbonyl (C=S) groups is 1. The summed E-state index contributed by atoms with van der Waals surface area (Å²) in [6, 6.07) is 10.1. The fraction of sp³-hybridized carbons (Fsp3) is 0.125. The molecule has 0 bridgehead atoms. The van der Waals surface area contributed by atoms with Gasteiger partial charge in [-0.3, -0.25) is 4.57 Å². The summed E-state index contributed by atoms with van der Waals surface area (Å²) in [5.74, 6) is 0. The second kappa shape index (κ2) is 5.24. The molecule has 0 atom stereocenters. The van der Waals surface area contributed by atoms with Gasteiger partial charge in [0, 0.05) is 10.0 Å². The Kier molecular flexibility index (Phi) is 3.55. The van der Waals surface area contributed by atoms with Gasteiger partial charge in [-0.1, -0.05) is 28.1 Å². The largest absolute Gasteiger partial charge is 0.389 e. The molecule has 0 saturated heterocycles. The average Bonchev–Trinajstić information content (AvgIpc) is 2.81. The van der Waals surface area contributed by atoms with E-state index in [4.69, 9.17) is 18.0 Å². The molecule has 3 nitrogen and oxygen atoms in total. The summed E-state index contributed by atoms with van der Waals surface area (Å²) in [5.41, 5.74) is 12.1. The highest BCUT2D eigenvalue weighted by atomic mass is 79.9. The van der Waals surface area contributed by atoms with Gasteiger partial charge in [0.05, 0.1) is 16.7 Å². The number of aryl methyl sites for hydroxylation is 2. The summed E-state index contributed by atoms with van der Waals surface area (Å²) in [6.07, 6.45) is 1.81. The minimum absolute atomic E-state index is 0.378. The van der Waals surface area contributed by atoms with Crippen LogP contribution in [0, 0.1) is 13.8 Å². The van der Waals surface area contributed by atoms with Crippen molar-refractivity contribution in [2.75, 3.05) is 0 Å². The molecule has 21 heavy (non-hydrogen) atoms. The minimum atomic E-state index is 0.378. The van der Waals surface area contributed by atoms with E-state index in [0.29, 0.717) is 4.99 Å². The second-order valence-corrected chi connectivity index (χ2v) is 6.42. The lowest BCUT2D eigenvalue weighted by molar-refractivity contribution is 1.08. The first-order chi connectivity index (χ1) is 9.97. The molecule has 0 aliphatic rings. The van der Waals surface area contributed by atoms with E-state index in [1.165, 1.54) is 11.1 Å². The average molecular weight is 360 g/mol. The van der Waals surface area contributed by atoms with Crippen LogP contribution in [0.2, 0.25) is 0 Å². The molecule has 2 aromatic carbocycles. The summed E-state index contributed by atoms with van der Waals surface area (Å²) in [5, 5.41) is 0. The Hall–Kier alpha value is -1.72. The van der Waals surface area contributed by atoms with Crippen molar-refractivity contribution in [1.29, 1.82) is 0 Å². The topological polar surface area (TPSA) is 43.8 Å². The summed E-state index contributed by atoms with van der Waals surface area (Å²) in [6.45, 7) is 4.19. The fourth-order valence-corrected chi connectivity index (χ4v) is 2.89. The van der Waals surface area contributed by atoms with Gasteiger partial charge in [0.2, 0.25) is 0 Å². The quantitative estimate of drug-likeness (QED) is 0.702. The Morgan fingerprint density at radius 2 is 1.90 bits per heavy atom. The monoisotopic (exact) mass is 359 g/mol. The molecule has 0 spiro atoms. The van der Waals surface area contributed by atoms with Crippen LogP contribution < -0.4 is 5.73 Å². The zero-order chi connectivity index (χ0) is 15.1. The number of fused-ring (bicyclic) bond motifs is 1. The van der Waals surface area contributed by atoms with Crippen LogP contribution in [0.15, 0.2) is 41.1 Å². The summed E-state index contributed by atoms with van der Waals surface area (Å²) < 4.78 is 3.00. The van der Waals surface area contributed by atoms with Crippen molar-refractivity contribution in [3.05, 3.63) is 57.8 Å². The molecule has 1 heterocycles. The molecule has 5 heteroatoms. The predicted molar refractivity (Wildman–Crippen MR) is 94.1 cm³/mol. The van der Waals surface area contributed by atoms with Gasteiger partial charge in [-0.15, -0.1) is 0 Å². The maximum atomic E-state index is 5.85. The molecule has 3 rings (SSSR count). The van der Waals surface area contributed by atoms with Gasteiger partial charge in [0.25, 0.3) is 0 Å². The zero-order valence-corrected chi connectivity index (χ0v) is 14.1. The number of nitrogens with two attached hydrogens (primary N) is 1. The maximum absolute atomic E-state index is 5.85. The molecule has 2 N–H and O–H groups in total. The van der Waals surface area contributed by atoms with Gasteiger partial charge in [-0.2, -0.15) is 0 Å². The van der Waals surface area contributed by atoms with Crippen molar-refractivity contribution in [1.82, 2.24) is 9.55 Å².